The molecule has 2 aliphatic carbocycles. The Hall–Kier alpha value is -10.1. The van der Waals surface area contributed by atoms with Crippen LogP contribution in [-0.4, -0.2) is 196 Å². The van der Waals surface area contributed by atoms with E-state index in [1.807, 2.05) is 129 Å². The predicted molar refractivity (Wildman–Crippen MR) is 435 cm³/mol. The Morgan fingerprint density at radius 3 is 1.46 bits per heavy atom. The van der Waals surface area contributed by atoms with Crippen molar-refractivity contribution in [1.29, 1.82) is 0 Å². The number of likely N-dealkylation sites (tertiary alicyclic amines) is 2. The van der Waals surface area contributed by atoms with E-state index < -0.39 is 12.1 Å². The summed E-state index contributed by atoms with van der Waals surface area (Å²) in [6.07, 6.45) is 27.4. The molecule has 2 aliphatic heterocycles. The standard InChI is InChI=1S/C41H60N14O2.C39H57N13O2/c42-40(43)49-36(39(57)46-27-30-11-3-1-4-12-30)17-18-37(56)54-25-19-32(20-26-54)48-38-34-15-7-8-16-35(34)50-41(51-38)47-28-33-29-55(53-52-33)24-10-22-44-21-9-23-45-31-13-5-2-6-14-31;40-34(38(54)44-26-31-12-6-7-21-43-31)15-16-36(53)51-24-17-30(18-25-51)46-37-33-13-4-5-14-35(33)47-39(48-37)45-27-32-28-52(50-49-32)23-9-20-41-19-8-22-42-29-10-2-1-3-11-29/h1,3-4,7-8,11-12,15-16,29,31-32,36,44-45H,2,5-6,9-10,13-14,17-28H2,(H,46,57)(H4,42,43,49)(H2,47,48,50,51);4-7,12-14,21,28-30,34,41-42H,1-3,8-11,15-20,22-27,40H2,(H,44,54)(H2,45,46,47,48)/t36-;34-/m00/s1. The van der Waals surface area contributed by atoms with Gasteiger partial charge in [0.05, 0.1) is 54.8 Å². The molecule has 2 saturated carbocycles. The molecule has 596 valence electrons. The molecule has 111 heavy (non-hydrogen) atoms. The zero-order chi connectivity index (χ0) is 77.0. The molecule has 4 aliphatic rings. The highest BCUT2D eigenvalue weighted by Crippen LogP contribution is 2.28. The van der Waals surface area contributed by atoms with Crippen LogP contribution in [-0.2, 0) is 58.4 Å². The average Bonchev–Trinajstić information content (AvgIpc) is 1.16. The first kappa shape index (κ1) is 81.9. The van der Waals surface area contributed by atoms with Crippen LogP contribution in [0, 0.1) is 0 Å². The maximum absolute atomic E-state index is 13.2. The number of para-hydroxylation sites is 2. The van der Waals surface area contributed by atoms with Crippen LogP contribution in [0.2, 0.25) is 0 Å². The number of benzene rings is 3. The first-order valence-electron chi connectivity index (χ1n) is 40.5. The number of pyridine rings is 1. The highest BCUT2D eigenvalue weighted by molar-refractivity contribution is 5.91. The number of aryl methyl sites for hydroxylation is 2. The number of guanidine groups is 1. The lowest BCUT2D eigenvalue weighted by atomic mass is 9.95. The van der Waals surface area contributed by atoms with E-state index in [4.69, 9.17) is 37.1 Å². The van der Waals surface area contributed by atoms with Crippen LogP contribution in [0.3, 0.4) is 0 Å². The van der Waals surface area contributed by atoms with Gasteiger partial charge >= 0.3 is 0 Å². The molecule has 0 spiro atoms. The Balaban J connectivity index is 0.000000220. The minimum Gasteiger partial charge on any atom is -0.370 e. The molecule has 8 aromatic rings. The molecule has 2 saturated heterocycles. The fourth-order valence-electron chi connectivity index (χ4n) is 14.6. The molecule has 5 aromatic heterocycles. The summed E-state index contributed by atoms with van der Waals surface area (Å²) in [7, 11) is 0. The van der Waals surface area contributed by atoms with Crippen LogP contribution >= 0.6 is 0 Å². The molecule has 0 radical (unpaired) electrons. The number of nitrogens with two attached hydrogens (primary N) is 3. The van der Waals surface area contributed by atoms with Gasteiger partial charge in [-0.2, -0.15) is 9.97 Å². The molecule has 4 amide bonds. The Kier molecular flexibility index (Phi) is 33.0. The van der Waals surface area contributed by atoms with Gasteiger partial charge in [-0.25, -0.2) is 15.0 Å². The van der Waals surface area contributed by atoms with Crippen molar-refractivity contribution in [3.05, 3.63) is 138 Å². The molecule has 0 bridgehead atoms. The zero-order valence-electron chi connectivity index (χ0n) is 64.4. The van der Waals surface area contributed by atoms with Crippen molar-refractivity contribution in [2.24, 2.45) is 22.2 Å². The molecule has 3 aromatic carbocycles. The summed E-state index contributed by atoms with van der Waals surface area (Å²) in [5.74, 6) is 1.73. The third-order valence-corrected chi connectivity index (χ3v) is 21.0. The number of nitrogens with zero attached hydrogens (tertiary/aromatic N) is 14. The maximum Gasteiger partial charge on any atom is 0.245 e. The number of aliphatic imine (C=N–C) groups is 1. The molecular formula is C80H117N27O4. The van der Waals surface area contributed by atoms with Gasteiger partial charge in [-0.3, -0.25) is 33.5 Å². The predicted octanol–water partition coefficient (Wildman–Crippen LogP) is 6.61. The molecule has 7 heterocycles. The number of piperidine rings is 2. The second-order valence-electron chi connectivity index (χ2n) is 29.6. The lowest BCUT2D eigenvalue weighted by Crippen LogP contribution is -2.44. The fraction of sp³-hybridized carbons (Fsp3) is 0.550. The molecule has 16 N–H and O–H groups in total. The maximum atomic E-state index is 13.2. The number of nitrogens with one attached hydrogen (secondary N) is 10. The molecule has 0 unspecified atom stereocenters. The van der Waals surface area contributed by atoms with E-state index in [-0.39, 0.29) is 60.9 Å². The first-order chi connectivity index (χ1) is 54.4. The summed E-state index contributed by atoms with van der Waals surface area (Å²) >= 11 is 0. The summed E-state index contributed by atoms with van der Waals surface area (Å²) in [5, 5.41) is 53.4. The summed E-state index contributed by atoms with van der Waals surface area (Å²) < 4.78 is 3.78. The monoisotopic (exact) mass is 1520 g/mol. The largest absolute Gasteiger partial charge is 0.370 e. The van der Waals surface area contributed by atoms with E-state index >= 15 is 0 Å². The number of rotatable bonds is 41. The Labute approximate surface area is 651 Å². The van der Waals surface area contributed by atoms with E-state index in [0.717, 1.165) is 172 Å². The van der Waals surface area contributed by atoms with Gasteiger partial charge in [0.25, 0.3) is 0 Å². The van der Waals surface area contributed by atoms with Gasteiger partial charge in [-0.1, -0.05) is 110 Å². The van der Waals surface area contributed by atoms with Gasteiger partial charge in [0.1, 0.15) is 29.1 Å². The van der Waals surface area contributed by atoms with E-state index in [9.17, 15) is 19.2 Å². The third kappa shape index (κ3) is 27.7. The molecular weight excluding hydrogens is 1400 g/mol. The van der Waals surface area contributed by atoms with Gasteiger partial charge < -0.3 is 80.2 Å². The van der Waals surface area contributed by atoms with Gasteiger partial charge in [0.2, 0.25) is 35.5 Å². The minimum atomic E-state index is -0.844. The zero-order valence-corrected chi connectivity index (χ0v) is 64.4. The second kappa shape index (κ2) is 44.7. The lowest BCUT2D eigenvalue weighted by Gasteiger charge is -2.33. The van der Waals surface area contributed by atoms with Gasteiger partial charge in [0, 0.05) is 99.8 Å². The number of anilines is 4. The van der Waals surface area contributed by atoms with Crippen LogP contribution in [0.5, 0.6) is 0 Å². The number of hydrogen-bond donors (Lipinski definition) is 13. The molecule has 31 nitrogen and oxygen atoms in total. The van der Waals surface area contributed by atoms with Crippen molar-refractivity contribution in [2.45, 2.75) is 217 Å². The molecule has 4 fully saturated rings. The topological polar surface area (TPSA) is 411 Å². The Morgan fingerprint density at radius 2 is 0.955 bits per heavy atom. The van der Waals surface area contributed by atoms with Crippen molar-refractivity contribution in [2.75, 3.05) is 86.7 Å². The third-order valence-electron chi connectivity index (χ3n) is 21.0. The quantitative estimate of drug-likeness (QED) is 0.0109. The van der Waals surface area contributed by atoms with Gasteiger partial charge in [-0.05, 0) is 171 Å². The van der Waals surface area contributed by atoms with Crippen molar-refractivity contribution < 1.29 is 19.2 Å². The van der Waals surface area contributed by atoms with Crippen LogP contribution in [0.1, 0.15) is 164 Å². The van der Waals surface area contributed by atoms with E-state index in [0.29, 0.717) is 70.7 Å². The normalized spacial score (nSPS) is 15.8. The number of carbonyl (C=O) groups excluding carboxylic acids is 4. The second-order valence-corrected chi connectivity index (χ2v) is 29.6. The SMILES string of the molecule is NC(N)=N[C@@H](CCC(=O)N1CCC(Nc2nc(NCc3cn(CCCNCCCNC4CCCCC4)nn3)nc3ccccc23)CC1)C(=O)NCc1ccccc1.N[C@@H](CCC(=O)N1CCC(Nc2nc(NCc3cn(CCCNCCCNC4CCCCC4)nn3)nc3ccccc23)CC1)C(=O)NCc1ccccn1. The summed E-state index contributed by atoms with van der Waals surface area (Å²) in [5.41, 5.74) is 22.4. The number of hydrogen-bond acceptors (Lipinski definition) is 23. The van der Waals surface area contributed by atoms with Crippen LogP contribution < -0.4 is 70.4 Å². The van der Waals surface area contributed by atoms with Gasteiger partial charge in [0.15, 0.2) is 5.96 Å². The van der Waals surface area contributed by atoms with Gasteiger partial charge in [-0.15, -0.1) is 10.2 Å². The smallest absolute Gasteiger partial charge is 0.245 e. The summed E-state index contributed by atoms with van der Waals surface area (Å²) in [4.78, 5) is 82.8. The Morgan fingerprint density at radius 1 is 0.477 bits per heavy atom. The summed E-state index contributed by atoms with van der Waals surface area (Å²) in [6, 6.07) is 31.1. The lowest BCUT2D eigenvalue weighted by molar-refractivity contribution is -0.133. The van der Waals surface area contributed by atoms with Crippen molar-refractivity contribution in [1.82, 2.24) is 96.6 Å². The van der Waals surface area contributed by atoms with Crippen LogP contribution in [0.15, 0.2) is 121 Å². The highest BCUT2D eigenvalue weighted by atomic mass is 16.2. The Bertz CT molecular complexity index is 4130. The molecule has 2 atom stereocenters. The van der Waals surface area contributed by atoms with E-state index in [1.165, 1.54) is 64.2 Å². The van der Waals surface area contributed by atoms with Crippen LogP contribution in [0.4, 0.5) is 23.5 Å². The van der Waals surface area contributed by atoms with E-state index in [2.05, 4.69) is 83.8 Å². The number of amides is 4. The van der Waals surface area contributed by atoms with Crippen molar-refractivity contribution >= 4 is 74.9 Å². The number of fused-ring (bicyclic) bond motifs is 2. The van der Waals surface area contributed by atoms with Crippen LogP contribution in [0.25, 0.3) is 21.8 Å². The first-order valence-corrected chi connectivity index (χ1v) is 40.5. The highest BCUT2D eigenvalue weighted by Gasteiger charge is 2.28. The minimum absolute atomic E-state index is 0.0157. The molecule has 12 rings (SSSR count). The van der Waals surface area contributed by atoms with E-state index in [1.54, 1.807) is 6.20 Å². The average molecular weight is 1520 g/mol. The summed E-state index contributed by atoms with van der Waals surface area (Å²) in [6.45, 7) is 11.7. The fourth-order valence-corrected chi connectivity index (χ4v) is 14.6. The number of carbonyl (C=O) groups is 4. The molecule has 31 heteroatoms. The van der Waals surface area contributed by atoms with Crippen molar-refractivity contribution in [3.8, 4) is 0 Å². The van der Waals surface area contributed by atoms with Crippen molar-refractivity contribution in [3.63, 3.8) is 0 Å². The number of aromatic nitrogens is 11.